The van der Waals surface area contributed by atoms with E-state index in [0.717, 1.165) is 64.0 Å². The molecule has 1 aromatic rings. The zero-order valence-corrected chi connectivity index (χ0v) is 18.0. The SMILES string of the molecule is NCCCNCCCCNCCCNC(=O)CN1C(=O)CSC1c1ccccc1. The molecule has 2 amide bonds. The number of carbonyl (C=O) groups excluding carboxylic acids is 2. The number of nitrogens with one attached hydrogen (secondary N) is 3. The van der Waals surface area contributed by atoms with E-state index in [2.05, 4.69) is 16.0 Å². The summed E-state index contributed by atoms with van der Waals surface area (Å²) < 4.78 is 0. The van der Waals surface area contributed by atoms with Crippen molar-refractivity contribution in [2.24, 2.45) is 5.73 Å². The van der Waals surface area contributed by atoms with Gasteiger partial charge in [0, 0.05) is 6.54 Å². The largest absolute Gasteiger partial charge is 0.355 e. The summed E-state index contributed by atoms with van der Waals surface area (Å²) in [5.41, 5.74) is 6.51. The van der Waals surface area contributed by atoms with E-state index in [-0.39, 0.29) is 23.7 Å². The maximum absolute atomic E-state index is 12.3. The van der Waals surface area contributed by atoms with Crippen molar-refractivity contribution in [2.75, 3.05) is 51.6 Å². The molecule has 1 aliphatic rings. The van der Waals surface area contributed by atoms with Crippen molar-refractivity contribution in [2.45, 2.75) is 31.1 Å². The first-order valence-corrected chi connectivity index (χ1v) is 11.6. The topological polar surface area (TPSA) is 99.5 Å². The predicted molar refractivity (Wildman–Crippen MR) is 120 cm³/mol. The summed E-state index contributed by atoms with van der Waals surface area (Å²) in [4.78, 5) is 26.1. The third kappa shape index (κ3) is 9.16. The van der Waals surface area contributed by atoms with Gasteiger partial charge in [-0.25, -0.2) is 0 Å². The van der Waals surface area contributed by atoms with Gasteiger partial charge in [0.25, 0.3) is 0 Å². The van der Waals surface area contributed by atoms with Crippen molar-refractivity contribution in [3.8, 4) is 0 Å². The number of nitrogens with two attached hydrogens (primary N) is 1. The first-order valence-electron chi connectivity index (χ1n) is 10.6. The quantitative estimate of drug-likeness (QED) is 0.316. The molecule has 0 bridgehead atoms. The number of rotatable bonds is 15. The third-order valence-corrected chi connectivity index (χ3v) is 5.99. The summed E-state index contributed by atoms with van der Waals surface area (Å²) in [6.45, 7) is 5.39. The lowest BCUT2D eigenvalue weighted by Gasteiger charge is -2.23. The number of unbranched alkanes of at least 4 members (excludes halogenated alkanes) is 1. The normalized spacial score (nSPS) is 16.4. The summed E-state index contributed by atoms with van der Waals surface area (Å²) in [6.07, 6.45) is 4.20. The van der Waals surface area contributed by atoms with Crippen molar-refractivity contribution in [1.82, 2.24) is 20.9 Å². The van der Waals surface area contributed by atoms with E-state index in [0.29, 0.717) is 12.3 Å². The maximum Gasteiger partial charge on any atom is 0.239 e. The molecule has 1 atom stereocenters. The summed E-state index contributed by atoms with van der Waals surface area (Å²) in [5, 5.41) is 9.64. The first kappa shape index (κ1) is 23.7. The summed E-state index contributed by atoms with van der Waals surface area (Å²) in [5.74, 6) is 0.364. The fourth-order valence-corrected chi connectivity index (χ4v) is 4.34. The molecule has 8 heteroatoms. The number of carbonyl (C=O) groups is 2. The lowest BCUT2D eigenvalue weighted by Crippen LogP contribution is -2.40. The van der Waals surface area contributed by atoms with Crippen LogP contribution in [0.5, 0.6) is 0 Å². The zero-order valence-electron chi connectivity index (χ0n) is 17.2. The Bertz CT molecular complexity index is 602. The highest BCUT2D eigenvalue weighted by atomic mass is 32.2. The molecule has 162 valence electrons. The fourth-order valence-electron chi connectivity index (χ4n) is 3.15. The van der Waals surface area contributed by atoms with Gasteiger partial charge in [0.1, 0.15) is 11.9 Å². The van der Waals surface area contributed by atoms with Crippen LogP contribution < -0.4 is 21.7 Å². The van der Waals surface area contributed by atoms with Gasteiger partial charge >= 0.3 is 0 Å². The molecule has 0 radical (unpaired) electrons. The Morgan fingerprint density at radius 3 is 2.34 bits per heavy atom. The Morgan fingerprint density at radius 2 is 1.66 bits per heavy atom. The van der Waals surface area contributed by atoms with Crippen molar-refractivity contribution in [3.63, 3.8) is 0 Å². The van der Waals surface area contributed by atoms with E-state index < -0.39 is 0 Å². The number of thioether (sulfide) groups is 1. The zero-order chi connectivity index (χ0) is 20.7. The number of hydrogen-bond donors (Lipinski definition) is 4. The fraction of sp³-hybridized carbons (Fsp3) is 0.619. The van der Waals surface area contributed by atoms with Gasteiger partial charge < -0.3 is 26.6 Å². The van der Waals surface area contributed by atoms with Gasteiger partial charge in [-0.15, -0.1) is 11.8 Å². The average Bonchev–Trinajstić information content (AvgIpc) is 3.09. The van der Waals surface area contributed by atoms with Gasteiger partial charge in [-0.3, -0.25) is 9.59 Å². The van der Waals surface area contributed by atoms with E-state index >= 15 is 0 Å². The van der Waals surface area contributed by atoms with Gasteiger partial charge in [-0.1, -0.05) is 30.3 Å². The molecule has 29 heavy (non-hydrogen) atoms. The van der Waals surface area contributed by atoms with Crippen LogP contribution in [0, 0.1) is 0 Å². The van der Waals surface area contributed by atoms with Crippen LogP contribution in [0.1, 0.15) is 36.6 Å². The number of benzene rings is 1. The van der Waals surface area contributed by atoms with Gasteiger partial charge in [0.05, 0.1) is 5.75 Å². The number of amides is 2. The van der Waals surface area contributed by atoms with Gasteiger partial charge in [-0.05, 0) is 64.0 Å². The van der Waals surface area contributed by atoms with Crippen molar-refractivity contribution < 1.29 is 9.59 Å². The lowest BCUT2D eigenvalue weighted by atomic mass is 10.2. The molecule has 1 saturated heterocycles. The minimum Gasteiger partial charge on any atom is -0.355 e. The Hall–Kier alpha value is -1.61. The molecule has 2 rings (SSSR count). The smallest absolute Gasteiger partial charge is 0.239 e. The van der Waals surface area contributed by atoms with E-state index in [1.807, 2.05) is 30.3 Å². The molecule has 1 heterocycles. The highest BCUT2D eigenvalue weighted by molar-refractivity contribution is 8.00. The molecule has 1 fully saturated rings. The van der Waals surface area contributed by atoms with Crippen molar-refractivity contribution >= 4 is 23.6 Å². The Labute approximate surface area is 178 Å². The standard InChI is InChI=1S/C21H35N5O2S/c22-10-6-13-23-11-4-5-12-24-14-7-15-25-19(27)16-26-20(28)17-29-21(26)18-8-2-1-3-9-18/h1-3,8-9,21,23-24H,4-7,10-17,22H2,(H,25,27). The minimum absolute atomic E-state index is 0.0261. The molecule has 1 unspecified atom stereocenters. The van der Waals surface area contributed by atoms with Crippen LogP contribution in [0.2, 0.25) is 0 Å². The molecular formula is C21H35N5O2S. The molecular weight excluding hydrogens is 386 g/mol. The van der Waals surface area contributed by atoms with Crippen molar-refractivity contribution in [3.05, 3.63) is 35.9 Å². The second-order valence-electron chi connectivity index (χ2n) is 7.15. The average molecular weight is 422 g/mol. The van der Waals surface area contributed by atoms with E-state index in [1.165, 1.54) is 0 Å². The second-order valence-corrected chi connectivity index (χ2v) is 8.22. The van der Waals surface area contributed by atoms with E-state index in [4.69, 9.17) is 5.73 Å². The molecule has 0 aromatic heterocycles. The van der Waals surface area contributed by atoms with Crippen molar-refractivity contribution in [1.29, 1.82) is 0 Å². The predicted octanol–water partition coefficient (Wildman–Crippen LogP) is 1.08. The molecule has 0 saturated carbocycles. The van der Waals surface area contributed by atoms with Gasteiger partial charge in [-0.2, -0.15) is 0 Å². The summed E-state index contributed by atoms with van der Waals surface area (Å²) in [7, 11) is 0. The molecule has 1 aromatic carbocycles. The lowest BCUT2D eigenvalue weighted by molar-refractivity contribution is -0.133. The first-order chi connectivity index (χ1) is 14.2. The van der Waals surface area contributed by atoms with Crippen LogP contribution in [0.25, 0.3) is 0 Å². The van der Waals surface area contributed by atoms with Gasteiger partial charge in [0.2, 0.25) is 11.8 Å². The summed E-state index contributed by atoms with van der Waals surface area (Å²) >= 11 is 1.58. The van der Waals surface area contributed by atoms with Crippen LogP contribution in [-0.2, 0) is 9.59 Å². The van der Waals surface area contributed by atoms with Crippen LogP contribution in [0.15, 0.2) is 30.3 Å². The van der Waals surface area contributed by atoms with Gasteiger partial charge in [0.15, 0.2) is 0 Å². The van der Waals surface area contributed by atoms with Crippen LogP contribution >= 0.6 is 11.8 Å². The molecule has 0 aliphatic carbocycles. The third-order valence-electron chi connectivity index (χ3n) is 4.73. The maximum atomic E-state index is 12.3. The van der Waals surface area contributed by atoms with Crippen LogP contribution in [-0.4, -0.2) is 68.3 Å². The molecule has 0 spiro atoms. The number of nitrogens with zero attached hydrogens (tertiary/aromatic N) is 1. The number of hydrogen-bond acceptors (Lipinski definition) is 6. The van der Waals surface area contributed by atoms with E-state index in [1.54, 1.807) is 16.7 Å². The highest BCUT2D eigenvalue weighted by Gasteiger charge is 2.33. The summed E-state index contributed by atoms with van der Waals surface area (Å²) in [6, 6.07) is 9.88. The molecule has 5 N–H and O–H groups in total. The second kappa shape index (κ2) is 14.4. The Balaban J connectivity index is 1.52. The Kier molecular flexibility index (Phi) is 11.7. The van der Waals surface area contributed by atoms with E-state index in [9.17, 15) is 9.59 Å². The molecule has 7 nitrogen and oxygen atoms in total. The molecule has 1 aliphatic heterocycles. The van der Waals surface area contributed by atoms with Crippen LogP contribution in [0.3, 0.4) is 0 Å². The van der Waals surface area contributed by atoms with Crippen LogP contribution in [0.4, 0.5) is 0 Å². The monoisotopic (exact) mass is 421 g/mol. The highest BCUT2D eigenvalue weighted by Crippen LogP contribution is 2.38. The minimum atomic E-state index is -0.0923. The Morgan fingerprint density at radius 1 is 1.00 bits per heavy atom.